The van der Waals surface area contributed by atoms with Gasteiger partial charge >= 0.3 is 0 Å². The summed E-state index contributed by atoms with van der Waals surface area (Å²) >= 11 is 0. The van der Waals surface area contributed by atoms with Crippen LogP contribution in [-0.2, 0) is 15.1 Å². The van der Waals surface area contributed by atoms with Crippen LogP contribution in [-0.4, -0.2) is 13.0 Å². The topological polar surface area (TPSA) is 38.3 Å². The molecule has 0 saturated heterocycles. The summed E-state index contributed by atoms with van der Waals surface area (Å²) in [6.45, 7) is 0. The average molecular weight is 293 g/mol. The van der Waals surface area contributed by atoms with Crippen molar-refractivity contribution in [2.45, 2.75) is 5.60 Å². The fraction of sp³-hybridized carbons (Fsp3) is 0.133. The summed E-state index contributed by atoms with van der Waals surface area (Å²) in [5, 5.41) is 2.46. The Morgan fingerprint density at radius 1 is 1.05 bits per heavy atom. The molecule has 1 atom stereocenters. The van der Waals surface area contributed by atoms with Crippen molar-refractivity contribution >= 4 is 11.6 Å². The number of hydrogen-bond donors (Lipinski definition) is 1. The zero-order chi connectivity index (χ0) is 15.2. The third kappa shape index (κ3) is 1.76. The molecule has 2 aromatic rings. The molecule has 1 aliphatic rings. The van der Waals surface area contributed by atoms with E-state index in [0.29, 0.717) is 0 Å². The van der Waals surface area contributed by atoms with E-state index in [1.807, 2.05) is 0 Å². The second kappa shape index (κ2) is 4.60. The number of nitrogens with one attached hydrogen (secondary N) is 1. The lowest BCUT2D eigenvalue weighted by Gasteiger charge is -2.26. The maximum Gasteiger partial charge on any atom is 0.266 e. The molecule has 21 heavy (non-hydrogen) atoms. The molecule has 0 bridgehead atoms. The minimum Gasteiger partial charge on any atom is -0.359 e. The van der Waals surface area contributed by atoms with Crippen LogP contribution in [0.15, 0.2) is 36.4 Å². The van der Waals surface area contributed by atoms with Crippen molar-refractivity contribution in [2.75, 3.05) is 12.4 Å². The molecule has 1 amide bonds. The standard InChI is InChI=1S/C15H10F3NO2/c1-21-15(8-2-4-9(16)5-3-8)12-11(19-14(15)20)7-6-10(17)13(12)18/h2-7H,1H3,(H,19,20). The van der Waals surface area contributed by atoms with E-state index in [1.165, 1.54) is 25.3 Å². The minimum absolute atomic E-state index is 0.130. The van der Waals surface area contributed by atoms with Gasteiger partial charge in [0.05, 0.1) is 11.3 Å². The number of benzene rings is 2. The SMILES string of the molecule is COC1(c2ccc(F)cc2)C(=O)Nc2ccc(F)c(F)c21. The van der Waals surface area contributed by atoms with Crippen LogP contribution in [0.5, 0.6) is 0 Å². The Morgan fingerprint density at radius 3 is 2.33 bits per heavy atom. The van der Waals surface area contributed by atoms with Crippen molar-refractivity contribution in [3.63, 3.8) is 0 Å². The summed E-state index contributed by atoms with van der Waals surface area (Å²) in [5.41, 5.74) is -1.73. The number of halogens is 3. The predicted octanol–water partition coefficient (Wildman–Crippen LogP) is 2.95. The first-order chi connectivity index (χ1) is 10.0. The molecule has 0 radical (unpaired) electrons. The number of anilines is 1. The highest BCUT2D eigenvalue weighted by atomic mass is 19.2. The molecule has 108 valence electrons. The first-order valence-electron chi connectivity index (χ1n) is 6.12. The molecule has 3 nitrogen and oxygen atoms in total. The Labute approximate surface area is 118 Å². The van der Waals surface area contributed by atoms with Gasteiger partial charge in [0.25, 0.3) is 5.91 Å². The number of rotatable bonds is 2. The fourth-order valence-corrected chi connectivity index (χ4v) is 2.60. The van der Waals surface area contributed by atoms with E-state index >= 15 is 0 Å². The van der Waals surface area contributed by atoms with Gasteiger partial charge in [-0.05, 0) is 29.8 Å². The smallest absolute Gasteiger partial charge is 0.266 e. The highest BCUT2D eigenvalue weighted by Crippen LogP contribution is 2.45. The van der Waals surface area contributed by atoms with Crippen molar-refractivity contribution in [1.29, 1.82) is 0 Å². The highest BCUT2D eigenvalue weighted by molar-refractivity contribution is 6.07. The summed E-state index contributed by atoms with van der Waals surface area (Å²) in [4.78, 5) is 12.3. The summed E-state index contributed by atoms with van der Waals surface area (Å²) in [6.07, 6.45) is 0. The number of carbonyl (C=O) groups excluding carboxylic acids is 1. The van der Waals surface area contributed by atoms with Crippen molar-refractivity contribution in [2.24, 2.45) is 0 Å². The molecule has 0 fully saturated rings. The van der Waals surface area contributed by atoms with Crippen LogP contribution in [0.4, 0.5) is 18.9 Å². The lowest BCUT2D eigenvalue weighted by Crippen LogP contribution is -2.38. The van der Waals surface area contributed by atoms with Crippen LogP contribution in [0.1, 0.15) is 11.1 Å². The molecule has 0 aliphatic carbocycles. The minimum atomic E-state index is -1.84. The fourth-order valence-electron chi connectivity index (χ4n) is 2.60. The van der Waals surface area contributed by atoms with Crippen molar-refractivity contribution in [3.05, 3.63) is 65.0 Å². The number of hydrogen-bond acceptors (Lipinski definition) is 2. The third-order valence-electron chi connectivity index (χ3n) is 3.57. The summed E-state index contributed by atoms with van der Waals surface area (Å²) in [6, 6.07) is 7.04. The van der Waals surface area contributed by atoms with Crippen LogP contribution in [0, 0.1) is 17.5 Å². The monoisotopic (exact) mass is 293 g/mol. The lowest BCUT2D eigenvalue weighted by atomic mass is 9.86. The van der Waals surface area contributed by atoms with E-state index in [2.05, 4.69) is 5.32 Å². The van der Waals surface area contributed by atoms with Gasteiger partial charge in [-0.25, -0.2) is 13.2 Å². The predicted molar refractivity (Wildman–Crippen MR) is 69.2 cm³/mol. The lowest BCUT2D eigenvalue weighted by molar-refractivity contribution is -0.132. The number of amides is 1. The Bertz CT molecular complexity index is 730. The Balaban J connectivity index is 2.31. The van der Waals surface area contributed by atoms with Crippen molar-refractivity contribution < 1.29 is 22.7 Å². The average Bonchev–Trinajstić information content (AvgIpc) is 2.77. The Hall–Kier alpha value is -2.34. The van der Waals surface area contributed by atoms with Gasteiger partial charge in [0.15, 0.2) is 11.6 Å². The van der Waals surface area contributed by atoms with Crippen LogP contribution in [0.3, 0.4) is 0 Å². The van der Waals surface area contributed by atoms with Gasteiger partial charge in [-0.1, -0.05) is 12.1 Å². The third-order valence-corrected chi connectivity index (χ3v) is 3.57. The van der Waals surface area contributed by atoms with Gasteiger partial charge in [0, 0.05) is 7.11 Å². The molecule has 1 aliphatic heterocycles. The van der Waals surface area contributed by atoms with Crippen LogP contribution in [0.25, 0.3) is 0 Å². The molecular formula is C15H10F3NO2. The molecule has 1 N–H and O–H groups in total. The maximum absolute atomic E-state index is 14.2. The molecule has 0 saturated carbocycles. The Kier molecular flexibility index (Phi) is 2.98. The second-order valence-corrected chi connectivity index (χ2v) is 4.63. The number of carbonyl (C=O) groups is 1. The van der Waals surface area contributed by atoms with Crippen molar-refractivity contribution in [1.82, 2.24) is 0 Å². The van der Waals surface area contributed by atoms with E-state index in [4.69, 9.17) is 4.74 Å². The van der Waals surface area contributed by atoms with Gasteiger partial charge in [-0.3, -0.25) is 4.79 Å². The summed E-state index contributed by atoms with van der Waals surface area (Å²) in [7, 11) is 1.21. The van der Waals surface area contributed by atoms with Gasteiger partial charge in [0.1, 0.15) is 5.82 Å². The normalized spacial score (nSPS) is 20.3. The van der Waals surface area contributed by atoms with Gasteiger partial charge in [-0.2, -0.15) is 0 Å². The van der Waals surface area contributed by atoms with Gasteiger partial charge in [-0.15, -0.1) is 0 Å². The van der Waals surface area contributed by atoms with Gasteiger partial charge in [0.2, 0.25) is 5.60 Å². The van der Waals surface area contributed by atoms with E-state index in [1.54, 1.807) is 0 Å². The Morgan fingerprint density at radius 2 is 1.71 bits per heavy atom. The van der Waals surface area contributed by atoms with E-state index in [-0.39, 0.29) is 16.8 Å². The van der Waals surface area contributed by atoms with E-state index < -0.39 is 29.0 Å². The molecular weight excluding hydrogens is 283 g/mol. The first kappa shape index (κ1) is 13.6. The first-order valence-corrected chi connectivity index (χ1v) is 6.12. The summed E-state index contributed by atoms with van der Waals surface area (Å²) in [5.74, 6) is -3.43. The number of ether oxygens (including phenoxy) is 1. The largest absolute Gasteiger partial charge is 0.359 e. The van der Waals surface area contributed by atoms with Crippen LogP contribution in [0.2, 0.25) is 0 Å². The molecule has 1 heterocycles. The molecule has 2 aromatic carbocycles. The van der Waals surface area contributed by atoms with Crippen LogP contribution >= 0.6 is 0 Å². The number of methoxy groups -OCH3 is 1. The molecule has 6 heteroatoms. The molecule has 1 unspecified atom stereocenters. The summed E-state index contributed by atoms with van der Waals surface area (Å²) < 4.78 is 46.1. The maximum atomic E-state index is 14.2. The van der Waals surface area contributed by atoms with Crippen molar-refractivity contribution in [3.8, 4) is 0 Å². The second-order valence-electron chi connectivity index (χ2n) is 4.63. The quantitative estimate of drug-likeness (QED) is 0.924. The number of fused-ring (bicyclic) bond motifs is 1. The zero-order valence-corrected chi connectivity index (χ0v) is 10.9. The van der Waals surface area contributed by atoms with E-state index in [9.17, 15) is 18.0 Å². The van der Waals surface area contributed by atoms with Crippen LogP contribution < -0.4 is 5.32 Å². The highest BCUT2D eigenvalue weighted by Gasteiger charge is 2.51. The molecule has 0 spiro atoms. The van der Waals surface area contributed by atoms with Gasteiger partial charge < -0.3 is 10.1 Å². The zero-order valence-electron chi connectivity index (χ0n) is 10.9. The van der Waals surface area contributed by atoms with E-state index in [0.717, 1.165) is 18.2 Å². The molecule has 3 rings (SSSR count). The molecule has 0 aromatic heterocycles.